The monoisotopic (exact) mass is 307 g/mol. The highest BCUT2D eigenvalue weighted by atomic mass is 35.5. The van der Waals surface area contributed by atoms with Crippen LogP contribution in [0.3, 0.4) is 0 Å². The van der Waals surface area contributed by atoms with E-state index in [-0.39, 0.29) is 18.4 Å². The largest absolute Gasteiger partial charge is 0.324 e. The van der Waals surface area contributed by atoms with E-state index < -0.39 is 0 Å². The van der Waals surface area contributed by atoms with Gasteiger partial charge in [0.1, 0.15) is 6.54 Å². The maximum absolute atomic E-state index is 11.9. The molecule has 8 heteroatoms. The van der Waals surface area contributed by atoms with Crippen molar-refractivity contribution in [2.75, 3.05) is 10.6 Å². The van der Waals surface area contributed by atoms with Gasteiger partial charge in [-0.2, -0.15) is 0 Å². The molecule has 1 aromatic carbocycles. The number of nitrogens with zero attached hydrogens (tertiary/aromatic N) is 3. The van der Waals surface area contributed by atoms with Crippen LogP contribution in [0.4, 0.5) is 11.5 Å². The molecule has 2 rings (SSSR count). The summed E-state index contributed by atoms with van der Waals surface area (Å²) in [6.07, 6.45) is 1.84. The standard InChI is InChI=1S/C13H14ClN5O2/c1-2-12(20)16-11-7-19(18-17-11)8-13(21)15-10-5-3-4-9(14)6-10/h3-7H,2,8H2,1H3,(H,15,21)(H,16,20). The molecule has 0 unspecified atom stereocenters. The second kappa shape index (κ2) is 6.85. The van der Waals surface area contributed by atoms with Crippen LogP contribution in [0, 0.1) is 0 Å². The first-order chi connectivity index (χ1) is 10.1. The molecule has 0 radical (unpaired) electrons. The first kappa shape index (κ1) is 15.0. The first-order valence-corrected chi connectivity index (χ1v) is 6.70. The quantitative estimate of drug-likeness (QED) is 0.883. The summed E-state index contributed by atoms with van der Waals surface area (Å²) in [4.78, 5) is 23.1. The zero-order valence-electron chi connectivity index (χ0n) is 11.3. The summed E-state index contributed by atoms with van der Waals surface area (Å²) in [5, 5.41) is 13.3. The summed E-state index contributed by atoms with van der Waals surface area (Å²) in [6.45, 7) is 1.72. The second-order valence-corrected chi connectivity index (χ2v) is 4.70. The number of nitrogens with one attached hydrogen (secondary N) is 2. The van der Waals surface area contributed by atoms with E-state index in [1.807, 2.05) is 0 Å². The number of carbonyl (C=O) groups is 2. The second-order valence-electron chi connectivity index (χ2n) is 4.26. The van der Waals surface area contributed by atoms with Crippen molar-refractivity contribution in [1.82, 2.24) is 15.0 Å². The predicted octanol–water partition coefficient (Wildman–Crippen LogP) is 1.92. The average molecular weight is 308 g/mol. The highest BCUT2D eigenvalue weighted by molar-refractivity contribution is 6.30. The van der Waals surface area contributed by atoms with Crippen LogP contribution >= 0.6 is 11.6 Å². The molecule has 1 aromatic heterocycles. The number of aromatic nitrogens is 3. The van der Waals surface area contributed by atoms with E-state index in [2.05, 4.69) is 20.9 Å². The lowest BCUT2D eigenvalue weighted by Gasteiger charge is -2.05. The summed E-state index contributed by atoms with van der Waals surface area (Å²) >= 11 is 5.83. The van der Waals surface area contributed by atoms with Gasteiger partial charge in [0, 0.05) is 17.1 Å². The number of carbonyl (C=O) groups excluding carboxylic acids is 2. The average Bonchev–Trinajstić information content (AvgIpc) is 2.85. The number of hydrogen-bond donors (Lipinski definition) is 2. The van der Waals surface area contributed by atoms with Gasteiger partial charge in [0.25, 0.3) is 0 Å². The molecular weight excluding hydrogens is 294 g/mol. The minimum Gasteiger partial charge on any atom is -0.324 e. The lowest BCUT2D eigenvalue weighted by Crippen LogP contribution is -2.19. The van der Waals surface area contributed by atoms with Crippen molar-refractivity contribution in [2.45, 2.75) is 19.9 Å². The fraction of sp³-hybridized carbons (Fsp3) is 0.231. The van der Waals surface area contributed by atoms with Gasteiger partial charge in [-0.3, -0.25) is 9.59 Å². The minimum atomic E-state index is -0.268. The Labute approximate surface area is 126 Å². The molecule has 21 heavy (non-hydrogen) atoms. The highest BCUT2D eigenvalue weighted by Crippen LogP contribution is 2.14. The third kappa shape index (κ3) is 4.57. The van der Waals surface area contributed by atoms with Gasteiger partial charge < -0.3 is 10.6 Å². The number of rotatable bonds is 5. The van der Waals surface area contributed by atoms with Crippen molar-refractivity contribution >= 4 is 34.9 Å². The van der Waals surface area contributed by atoms with Crippen LogP contribution in [-0.2, 0) is 16.1 Å². The fourth-order valence-electron chi connectivity index (χ4n) is 1.58. The van der Waals surface area contributed by atoms with E-state index in [1.165, 1.54) is 10.9 Å². The van der Waals surface area contributed by atoms with E-state index in [0.717, 1.165) is 0 Å². The third-order valence-corrected chi connectivity index (χ3v) is 2.78. The Hall–Kier alpha value is -2.41. The zero-order valence-corrected chi connectivity index (χ0v) is 12.1. The molecule has 7 nitrogen and oxygen atoms in total. The molecule has 0 aliphatic rings. The lowest BCUT2D eigenvalue weighted by atomic mass is 10.3. The lowest BCUT2D eigenvalue weighted by molar-refractivity contribution is -0.117. The smallest absolute Gasteiger partial charge is 0.246 e. The molecule has 0 aliphatic heterocycles. The SMILES string of the molecule is CCC(=O)Nc1cn(CC(=O)Nc2cccc(Cl)c2)nn1. The van der Waals surface area contributed by atoms with Gasteiger partial charge in [-0.15, -0.1) is 5.10 Å². The molecule has 2 N–H and O–H groups in total. The number of amides is 2. The van der Waals surface area contributed by atoms with Crippen LogP contribution in [0.2, 0.25) is 5.02 Å². The van der Waals surface area contributed by atoms with Crippen LogP contribution in [0.5, 0.6) is 0 Å². The predicted molar refractivity (Wildman–Crippen MR) is 79.0 cm³/mol. The Morgan fingerprint density at radius 2 is 2.10 bits per heavy atom. The van der Waals surface area contributed by atoms with Crippen molar-refractivity contribution in [3.8, 4) is 0 Å². The van der Waals surface area contributed by atoms with Crippen molar-refractivity contribution in [1.29, 1.82) is 0 Å². The van der Waals surface area contributed by atoms with Crippen molar-refractivity contribution in [3.05, 3.63) is 35.5 Å². The van der Waals surface area contributed by atoms with Crippen molar-refractivity contribution in [3.63, 3.8) is 0 Å². The Kier molecular flexibility index (Phi) is 4.89. The normalized spacial score (nSPS) is 10.2. The van der Waals surface area contributed by atoms with Crippen LogP contribution in [0.25, 0.3) is 0 Å². The van der Waals surface area contributed by atoms with Gasteiger partial charge in [-0.05, 0) is 18.2 Å². The molecule has 0 spiro atoms. The van der Waals surface area contributed by atoms with Gasteiger partial charge in [0.2, 0.25) is 11.8 Å². The maximum Gasteiger partial charge on any atom is 0.246 e. The summed E-state index contributed by atoms with van der Waals surface area (Å²) in [5.74, 6) is -0.113. The molecule has 0 fully saturated rings. The van der Waals surface area contributed by atoms with E-state index in [0.29, 0.717) is 22.9 Å². The van der Waals surface area contributed by atoms with Crippen LogP contribution in [0.1, 0.15) is 13.3 Å². The Bertz CT molecular complexity index is 656. The summed E-state index contributed by atoms with van der Waals surface area (Å²) in [7, 11) is 0. The topological polar surface area (TPSA) is 88.9 Å². The molecule has 1 heterocycles. The van der Waals surface area contributed by atoms with E-state index in [9.17, 15) is 9.59 Å². The molecule has 0 atom stereocenters. The zero-order chi connectivity index (χ0) is 15.2. The van der Waals surface area contributed by atoms with Gasteiger partial charge in [0.15, 0.2) is 5.82 Å². The van der Waals surface area contributed by atoms with Gasteiger partial charge in [-0.1, -0.05) is 29.8 Å². The van der Waals surface area contributed by atoms with Crippen molar-refractivity contribution < 1.29 is 9.59 Å². The number of anilines is 2. The number of halogens is 1. The van der Waals surface area contributed by atoms with E-state index in [1.54, 1.807) is 31.2 Å². The highest BCUT2D eigenvalue weighted by Gasteiger charge is 2.08. The molecular formula is C13H14ClN5O2. The summed E-state index contributed by atoms with van der Waals surface area (Å²) in [5.41, 5.74) is 0.604. The molecule has 0 saturated heterocycles. The van der Waals surface area contributed by atoms with E-state index >= 15 is 0 Å². The Balaban J connectivity index is 1.92. The van der Waals surface area contributed by atoms with Crippen LogP contribution in [-0.4, -0.2) is 26.8 Å². The maximum atomic E-state index is 11.9. The molecule has 0 bridgehead atoms. The van der Waals surface area contributed by atoms with Gasteiger partial charge in [0.05, 0.1) is 6.20 Å². The molecule has 2 aromatic rings. The first-order valence-electron chi connectivity index (χ1n) is 6.32. The number of hydrogen-bond acceptors (Lipinski definition) is 4. The third-order valence-electron chi connectivity index (χ3n) is 2.54. The Morgan fingerprint density at radius 3 is 2.81 bits per heavy atom. The molecule has 0 aliphatic carbocycles. The summed E-state index contributed by atoms with van der Waals surface area (Å²) in [6, 6.07) is 6.84. The summed E-state index contributed by atoms with van der Waals surface area (Å²) < 4.78 is 1.34. The van der Waals surface area contributed by atoms with Crippen LogP contribution < -0.4 is 10.6 Å². The molecule has 110 valence electrons. The fourth-order valence-corrected chi connectivity index (χ4v) is 1.77. The number of benzene rings is 1. The van der Waals surface area contributed by atoms with Gasteiger partial charge >= 0.3 is 0 Å². The Morgan fingerprint density at radius 1 is 1.29 bits per heavy atom. The van der Waals surface area contributed by atoms with Crippen molar-refractivity contribution in [2.24, 2.45) is 0 Å². The molecule has 2 amide bonds. The van der Waals surface area contributed by atoms with Gasteiger partial charge in [-0.25, -0.2) is 4.68 Å². The van der Waals surface area contributed by atoms with E-state index in [4.69, 9.17) is 11.6 Å². The molecule has 0 saturated carbocycles. The van der Waals surface area contributed by atoms with Crippen LogP contribution in [0.15, 0.2) is 30.5 Å². The minimum absolute atomic E-state index is 0.0124.